The number of ether oxygens (including phenoxy) is 2. The van der Waals surface area contributed by atoms with E-state index in [-0.39, 0.29) is 5.82 Å². The average molecular weight is 390 g/mol. The summed E-state index contributed by atoms with van der Waals surface area (Å²) in [5.41, 5.74) is 5.59. The first-order chi connectivity index (χ1) is 13.6. The van der Waals surface area contributed by atoms with Crippen molar-refractivity contribution < 1.29 is 9.47 Å². The lowest BCUT2D eigenvalue weighted by Gasteiger charge is -2.26. The monoisotopic (exact) mass is 390 g/mol. The maximum absolute atomic E-state index is 12.5. The Hall–Kier alpha value is -2.74. The summed E-state index contributed by atoms with van der Waals surface area (Å²) in [4.78, 5) is 28.9. The van der Waals surface area contributed by atoms with Gasteiger partial charge in [-0.25, -0.2) is 4.79 Å². The van der Waals surface area contributed by atoms with E-state index in [9.17, 15) is 9.59 Å². The Labute approximate surface area is 164 Å². The third-order valence-corrected chi connectivity index (χ3v) is 4.42. The van der Waals surface area contributed by atoms with Gasteiger partial charge in [0.1, 0.15) is 17.3 Å². The zero-order valence-electron chi connectivity index (χ0n) is 16.6. The van der Waals surface area contributed by atoms with Gasteiger partial charge in [0, 0.05) is 26.7 Å². The third-order valence-electron chi connectivity index (χ3n) is 4.42. The van der Waals surface area contributed by atoms with E-state index in [0.717, 1.165) is 18.6 Å². The number of nitrogen functional groups attached to an aromatic ring is 1. The van der Waals surface area contributed by atoms with Gasteiger partial charge in [0.15, 0.2) is 0 Å². The van der Waals surface area contributed by atoms with E-state index >= 15 is 0 Å². The summed E-state index contributed by atoms with van der Waals surface area (Å²) in [5, 5.41) is 0. The molecule has 2 rings (SSSR count). The molecule has 28 heavy (non-hydrogen) atoms. The average Bonchev–Trinajstić information content (AvgIpc) is 2.69. The molecular weight excluding hydrogens is 360 g/mol. The van der Waals surface area contributed by atoms with Gasteiger partial charge in [0.2, 0.25) is 0 Å². The van der Waals surface area contributed by atoms with E-state index in [4.69, 9.17) is 15.2 Å². The number of nitrogens with two attached hydrogens (primary N) is 1. The topological polar surface area (TPSA) is 103 Å². The van der Waals surface area contributed by atoms with Crippen LogP contribution in [-0.4, -0.2) is 43.0 Å². The fourth-order valence-electron chi connectivity index (χ4n) is 2.92. The first-order valence-corrected chi connectivity index (χ1v) is 9.62. The van der Waals surface area contributed by atoms with E-state index in [1.807, 2.05) is 42.2 Å². The van der Waals surface area contributed by atoms with Gasteiger partial charge in [0.25, 0.3) is 5.56 Å². The number of rotatable bonds is 12. The largest absolute Gasteiger partial charge is 0.494 e. The van der Waals surface area contributed by atoms with Crippen LogP contribution in [0, 0.1) is 0 Å². The van der Waals surface area contributed by atoms with Crippen LogP contribution in [0.15, 0.2) is 39.9 Å². The quantitative estimate of drug-likeness (QED) is 0.536. The van der Waals surface area contributed by atoms with Crippen LogP contribution in [0.5, 0.6) is 5.75 Å². The maximum Gasteiger partial charge on any atom is 0.330 e. The van der Waals surface area contributed by atoms with Gasteiger partial charge in [-0.15, -0.1) is 0 Å². The molecule has 0 amide bonds. The Morgan fingerprint density at radius 3 is 2.54 bits per heavy atom. The first kappa shape index (κ1) is 21.6. The highest BCUT2D eigenvalue weighted by atomic mass is 16.5. The minimum Gasteiger partial charge on any atom is -0.494 e. The molecule has 1 aromatic heterocycles. The molecule has 2 aromatic rings. The van der Waals surface area contributed by atoms with Crippen LogP contribution in [0.2, 0.25) is 0 Å². The highest BCUT2D eigenvalue weighted by Gasteiger charge is 2.18. The van der Waals surface area contributed by atoms with Crippen LogP contribution in [0.4, 0.5) is 11.5 Å². The summed E-state index contributed by atoms with van der Waals surface area (Å²) in [6.45, 7) is 4.48. The molecule has 0 unspecified atom stereocenters. The summed E-state index contributed by atoms with van der Waals surface area (Å²) in [5.74, 6) is 0.999. The number of H-pyrrole nitrogens is 1. The van der Waals surface area contributed by atoms with E-state index in [2.05, 4.69) is 4.98 Å². The molecule has 8 heteroatoms. The molecule has 0 spiro atoms. The minimum atomic E-state index is -0.477. The van der Waals surface area contributed by atoms with Crippen molar-refractivity contribution in [2.24, 2.45) is 0 Å². The number of hydrogen-bond acceptors (Lipinski definition) is 6. The van der Waals surface area contributed by atoms with Crippen molar-refractivity contribution in [1.82, 2.24) is 9.55 Å². The van der Waals surface area contributed by atoms with Crippen LogP contribution < -0.4 is 26.6 Å². The number of anilines is 2. The summed E-state index contributed by atoms with van der Waals surface area (Å²) in [6.07, 6.45) is 2.41. The number of nitrogens with one attached hydrogen (secondary N) is 1. The second-order valence-electron chi connectivity index (χ2n) is 6.49. The predicted octanol–water partition coefficient (Wildman–Crippen LogP) is 1.84. The van der Waals surface area contributed by atoms with Crippen LogP contribution in [0.25, 0.3) is 0 Å². The number of nitrogens with zero attached hydrogens (tertiary/aromatic N) is 2. The summed E-state index contributed by atoms with van der Waals surface area (Å²) in [6, 6.07) is 9.56. The van der Waals surface area contributed by atoms with Crippen molar-refractivity contribution in [1.29, 1.82) is 0 Å². The first-order valence-electron chi connectivity index (χ1n) is 9.62. The number of benzene rings is 1. The van der Waals surface area contributed by atoms with Gasteiger partial charge in [-0.3, -0.25) is 14.3 Å². The summed E-state index contributed by atoms with van der Waals surface area (Å²) >= 11 is 0. The van der Waals surface area contributed by atoms with Crippen molar-refractivity contribution >= 4 is 11.5 Å². The molecule has 0 saturated heterocycles. The van der Waals surface area contributed by atoms with Crippen molar-refractivity contribution in [3.05, 3.63) is 51.2 Å². The fourth-order valence-corrected chi connectivity index (χ4v) is 2.92. The number of aromatic amines is 1. The van der Waals surface area contributed by atoms with E-state index in [0.29, 0.717) is 45.0 Å². The van der Waals surface area contributed by atoms with Crippen molar-refractivity contribution in [2.45, 2.75) is 32.7 Å². The number of methoxy groups -OCH3 is 1. The third kappa shape index (κ3) is 5.88. The van der Waals surface area contributed by atoms with Crippen LogP contribution in [0.3, 0.4) is 0 Å². The number of unbranched alkanes of at least 4 members (excludes halogenated alkanes) is 1. The molecule has 0 aliphatic carbocycles. The molecular formula is C20H30N4O4. The molecule has 154 valence electrons. The van der Waals surface area contributed by atoms with Gasteiger partial charge in [-0.05, 0) is 25.0 Å². The lowest BCUT2D eigenvalue weighted by molar-refractivity contribution is 0.204. The molecule has 0 radical (unpaired) electrons. The Balaban J connectivity index is 2.14. The Morgan fingerprint density at radius 2 is 1.86 bits per heavy atom. The lowest BCUT2D eigenvalue weighted by Crippen LogP contribution is -2.40. The number of hydrogen-bond donors (Lipinski definition) is 2. The molecule has 8 nitrogen and oxygen atoms in total. The zero-order chi connectivity index (χ0) is 20.4. The molecule has 0 fully saturated rings. The Morgan fingerprint density at radius 1 is 1.11 bits per heavy atom. The minimum absolute atomic E-state index is 0.197. The molecule has 0 aliphatic rings. The van der Waals surface area contributed by atoms with Crippen LogP contribution >= 0.6 is 0 Å². The van der Waals surface area contributed by atoms with Crippen LogP contribution in [-0.2, 0) is 11.3 Å². The fraction of sp³-hybridized carbons (Fsp3) is 0.500. The molecule has 1 aromatic carbocycles. The van der Waals surface area contributed by atoms with Crippen LogP contribution in [0.1, 0.15) is 26.2 Å². The summed E-state index contributed by atoms with van der Waals surface area (Å²) in [7, 11) is 1.60. The SMILES string of the molecule is CCCCn1c(N)c(N(CCCOc2ccccc2)CCOC)c(=O)[nH]c1=O. The van der Waals surface area contributed by atoms with Crippen molar-refractivity contribution in [2.75, 3.05) is 44.0 Å². The van der Waals surface area contributed by atoms with E-state index in [1.54, 1.807) is 7.11 Å². The zero-order valence-corrected chi connectivity index (χ0v) is 16.6. The molecule has 1 heterocycles. The number of aromatic nitrogens is 2. The lowest BCUT2D eigenvalue weighted by atomic mass is 10.3. The Bertz CT molecular complexity index is 832. The Kier molecular flexibility index (Phi) is 8.61. The van der Waals surface area contributed by atoms with Gasteiger partial charge in [-0.2, -0.15) is 0 Å². The molecule has 0 aliphatic heterocycles. The number of para-hydroxylation sites is 1. The molecule has 0 atom stereocenters. The van der Waals surface area contributed by atoms with Gasteiger partial charge >= 0.3 is 5.69 Å². The standard InChI is InChI=1S/C20H30N4O4/c1-3-4-12-24-18(21)17(19(25)22-20(24)26)23(13-15-27-2)11-8-14-28-16-9-6-5-7-10-16/h5-7,9-10H,3-4,8,11-15,21H2,1-2H3,(H,22,25,26). The van der Waals surface area contributed by atoms with E-state index < -0.39 is 11.2 Å². The second kappa shape index (κ2) is 11.2. The molecule has 3 N–H and O–H groups in total. The second-order valence-corrected chi connectivity index (χ2v) is 6.49. The van der Waals surface area contributed by atoms with Gasteiger partial charge < -0.3 is 20.1 Å². The molecule has 0 bridgehead atoms. The molecule has 0 saturated carbocycles. The highest BCUT2D eigenvalue weighted by molar-refractivity contribution is 5.62. The van der Waals surface area contributed by atoms with Gasteiger partial charge in [0.05, 0.1) is 13.2 Å². The van der Waals surface area contributed by atoms with Crippen molar-refractivity contribution in [3.8, 4) is 5.75 Å². The van der Waals surface area contributed by atoms with Gasteiger partial charge in [-0.1, -0.05) is 31.5 Å². The smallest absolute Gasteiger partial charge is 0.330 e. The normalized spacial score (nSPS) is 10.8. The van der Waals surface area contributed by atoms with Crippen molar-refractivity contribution in [3.63, 3.8) is 0 Å². The van der Waals surface area contributed by atoms with E-state index in [1.165, 1.54) is 4.57 Å². The predicted molar refractivity (Wildman–Crippen MR) is 111 cm³/mol. The maximum atomic E-state index is 12.5. The summed E-state index contributed by atoms with van der Waals surface area (Å²) < 4.78 is 12.3. The highest BCUT2D eigenvalue weighted by Crippen LogP contribution is 2.17.